The summed E-state index contributed by atoms with van der Waals surface area (Å²) < 4.78 is 1.47. The molecule has 2 aromatic rings. The SMILES string of the molecule is Cn1c(SCC(=O)O)nc2sc3c(c2c1=O)CCCC3. The molecule has 0 aliphatic heterocycles. The first kappa shape index (κ1) is 13.6. The third-order valence-electron chi connectivity index (χ3n) is 3.48. The lowest BCUT2D eigenvalue weighted by atomic mass is 9.97. The van der Waals surface area contributed by atoms with E-state index in [-0.39, 0.29) is 11.3 Å². The predicted molar refractivity (Wildman–Crippen MR) is 79.9 cm³/mol. The van der Waals surface area contributed by atoms with E-state index in [1.165, 1.54) is 21.4 Å². The summed E-state index contributed by atoms with van der Waals surface area (Å²) in [6.07, 6.45) is 4.27. The van der Waals surface area contributed by atoms with Crippen LogP contribution in [0.15, 0.2) is 9.95 Å². The van der Waals surface area contributed by atoms with Gasteiger partial charge in [-0.15, -0.1) is 11.3 Å². The van der Waals surface area contributed by atoms with Crippen molar-refractivity contribution in [3.63, 3.8) is 0 Å². The molecule has 1 aliphatic rings. The van der Waals surface area contributed by atoms with Crippen LogP contribution < -0.4 is 5.56 Å². The topological polar surface area (TPSA) is 72.2 Å². The minimum absolute atomic E-state index is 0.0534. The Morgan fingerprint density at radius 1 is 1.45 bits per heavy atom. The quantitative estimate of drug-likeness (QED) is 0.694. The number of thiophene rings is 1. The van der Waals surface area contributed by atoms with Crippen LogP contribution in [0.1, 0.15) is 23.3 Å². The molecule has 1 aliphatic carbocycles. The van der Waals surface area contributed by atoms with Crippen LogP contribution in [0.25, 0.3) is 10.2 Å². The molecule has 2 heterocycles. The summed E-state index contributed by atoms with van der Waals surface area (Å²) in [4.78, 5) is 29.7. The Kier molecular flexibility index (Phi) is 3.55. The van der Waals surface area contributed by atoms with E-state index in [0.29, 0.717) is 5.16 Å². The van der Waals surface area contributed by atoms with Crippen molar-refractivity contribution in [3.05, 3.63) is 20.8 Å². The number of hydrogen-bond donors (Lipinski definition) is 1. The molecular weight excluding hydrogens is 296 g/mol. The molecule has 20 heavy (non-hydrogen) atoms. The maximum atomic E-state index is 12.5. The summed E-state index contributed by atoms with van der Waals surface area (Å²) >= 11 is 2.67. The third kappa shape index (κ3) is 2.25. The first-order valence-corrected chi connectivity index (χ1v) is 8.24. The van der Waals surface area contributed by atoms with Gasteiger partial charge >= 0.3 is 5.97 Å². The molecule has 7 heteroatoms. The normalized spacial score (nSPS) is 14.4. The molecule has 106 valence electrons. The fraction of sp³-hybridized carbons (Fsp3) is 0.462. The van der Waals surface area contributed by atoms with E-state index < -0.39 is 5.97 Å². The molecule has 0 saturated carbocycles. The zero-order chi connectivity index (χ0) is 14.3. The highest BCUT2D eigenvalue weighted by Crippen LogP contribution is 2.34. The number of fused-ring (bicyclic) bond motifs is 3. The van der Waals surface area contributed by atoms with Crippen LogP contribution in [0, 0.1) is 0 Å². The van der Waals surface area contributed by atoms with Gasteiger partial charge in [-0.3, -0.25) is 14.2 Å². The van der Waals surface area contributed by atoms with E-state index in [2.05, 4.69) is 4.98 Å². The summed E-state index contributed by atoms with van der Waals surface area (Å²) in [5.74, 6) is -0.994. The Morgan fingerprint density at radius 3 is 2.95 bits per heavy atom. The standard InChI is InChI=1S/C13H14N2O3S2/c1-15-12(18)10-7-4-2-3-5-8(7)20-11(10)14-13(15)19-6-9(16)17/h2-6H2,1H3,(H,16,17). The van der Waals surface area contributed by atoms with E-state index in [4.69, 9.17) is 5.11 Å². The van der Waals surface area contributed by atoms with Gasteiger partial charge in [-0.2, -0.15) is 0 Å². The van der Waals surface area contributed by atoms with Gasteiger partial charge in [-0.25, -0.2) is 4.98 Å². The molecule has 0 unspecified atom stereocenters. The summed E-state index contributed by atoms with van der Waals surface area (Å²) in [6, 6.07) is 0. The number of aryl methyl sites for hydroxylation is 2. The lowest BCUT2D eigenvalue weighted by Gasteiger charge is -2.10. The smallest absolute Gasteiger partial charge is 0.313 e. The number of carboxylic acid groups (broad SMARTS) is 1. The summed E-state index contributed by atoms with van der Waals surface area (Å²) in [6.45, 7) is 0. The van der Waals surface area contributed by atoms with Crippen LogP contribution in [0.4, 0.5) is 0 Å². The monoisotopic (exact) mass is 310 g/mol. The molecule has 3 rings (SSSR count). The fourth-order valence-corrected chi connectivity index (χ4v) is 4.52. The summed E-state index contributed by atoms with van der Waals surface area (Å²) in [5, 5.41) is 9.97. The van der Waals surface area contributed by atoms with E-state index in [0.717, 1.165) is 41.2 Å². The molecule has 1 N–H and O–H groups in total. The number of nitrogens with zero attached hydrogens (tertiary/aromatic N) is 2. The first-order valence-electron chi connectivity index (χ1n) is 6.44. The Labute approximate surface area is 123 Å². The van der Waals surface area contributed by atoms with E-state index in [1.54, 1.807) is 18.4 Å². The van der Waals surface area contributed by atoms with E-state index >= 15 is 0 Å². The van der Waals surface area contributed by atoms with Crippen molar-refractivity contribution >= 4 is 39.3 Å². The second kappa shape index (κ2) is 5.21. The van der Waals surface area contributed by atoms with Gasteiger partial charge < -0.3 is 5.11 Å². The van der Waals surface area contributed by atoms with Crippen molar-refractivity contribution in [1.82, 2.24) is 9.55 Å². The second-order valence-electron chi connectivity index (χ2n) is 4.83. The molecule has 0 spiro atoms. The van der Waals surface area contributed by atoms with Crippen molar-refractivity contribution in [2.45, 2.75) is 30.8 Å². The zero-order valence-electron chi connectivity index (χ0n) is 11.0. The molecule has 0 saturated heterocycles. The zero-order valence-corrected chi connectivity index (χ0v) is 12.6. The minimum Gasteiger partial charge on any atom is -0.481 e. The van der Waals surface area contributed by atoms with Gasteiger partial charge in [-0.05, 0) is 31.2 Å². The largest absolute Gasteiger partial charge is 0.481 e. The van der Waals surface area contributed by atoms with Gasteiger partial charge in [0.1, 0.15) is 4.83 Å². The van der Waals surface area contributed by atoms with Crippen LogP contribution in [0.3, 0.4) is 0 Å². The highest BCUT2D eigenvalue weighted by atomic mass is 32.2. The maximum absolute atomic E-state index is 12.5. The Balaban J connectivity index is 2.14. The molecule has 0 bridgehead atoms. The second-order valence-corrected chi connectivity index (χ2v) is 6.86. The van der Waals surface area contributed by atoms with Crippen LogP contribution in [-0.2, 0) is 24.7 Å². The Bertz CT molecular complexity index is 748. The summed E-state index contributed by atoms with van der Waals surface area (Å²) in [5.41, 5.74) is 1.11. The average molecular weight is 310 g/mol. The summed E-state index contributed by atoms with van der Waals surface area (Å²) in [7, 11) is 1.66. The van der Waals surface area contributed by atoms with Gasteiger partial charge in [0.25, 0.3) is 5.56 Å². The molecule has 0 aromatic carbocycles. The highest BCUT2D eigenvalue weighted by molar-refractivity contribution is 7.99. The molecule has 0 radical (unpaired) electrons. The van der Waals surface area contributed by atoms with Crippen LogP contribution >= 0.6 is 23.1 Å². The Hall–Kier alpha value is -1.34. The van der Waals surface area contributed by atoms with E-state index in [9.17, 15) is 9.59 Å². The molecular formula is C13H14N2O3S2. The van der Waals surface area contributed by atoms with Crippen molar-refractivity contribution < 1.29 is 9.90 Å². The lowest BCUT2D eigenvalue weighted by molar-refractivity contribution is -0.133. The minimum atomic E-state index is -0.908. The number of aliphatic carboxylic acids is 1. The average Bonchev–Trinajstić information content (AvgIpc) is 2.79. The molecule has 0 atom stereocenters. The number of carboxylic acids is 1. The van der Waals surface area contributed by atoms with Crippen molar-refractivity contribution in [3.8, 4) is 0 Å². The van der Waals surface area contributed by atoms with Crippen molar-refractivity contribution in [2.75, 3.05) is 5.75 Å². The van der Waals surface area contributed by atoms with Gasteiger partial charge in [0, 0.05) is 11.9 Å². The number of rotatable bonds is 3. The predicted octanol–water partition coefficient (Wildman–Crippen LogP) is 2.05. The van der Waals surface area contributed by atoms with Gasteiger partial charge in [0.2, 0.25) is 0 Å². The van der Waals surface area contributed by atoms with Crippen molar-refractivity contribution in [2.24, 2.45) is 7.05 Å². The fourth-order valence-electron chi connectivity index (χ4n) is 2.52. The van der Waals surface area contributed by atoms with Gasteiger partial charge in [-0.1, -0.05) is 11.8 Å². The number of thioether (sulfide) groups is 1. The maximum Gasteiger partial charge on any atom is 0.313 e. The molecule has 0 fully saturated rings. The molecule has 0 amide bonds. The first-order chi connectivity index (χ1) is 9.58. The molecule has 5 nitrogen and oxygen atoms in total. The van der Waals surface area contributed by atoms with Crippen LogP contribution in [-0.4, -0.2) is 26.4 Å². The highest BCUT2D eigenvalue weighted by Gasteiger charge is 2.21. The lowest BCUT2D eigenvalue weighted by Crippen LogP contribution is -2.21. The van der Waals surface area contributed by atoms with Crippen LogP contribution in [0.2, 0.25) is 0 Å². The Morgan fingerprint density at radius 2 is 2.20 bits per heavy atom. The number of carbonyl (C=O) groups is 1. The van der Waals surface area contributed by atoms with Crippen molar-refractivity contribution in [1.29, 1.82) is 0 Å². The number of aromatic nitrogens is 2. The van der Waals surface area contributed by atoms with E-state index in [1.807, 2.05) is 0 Å². The van der Waals surface area contributed by atoms with Gasteiger partial charge in [0.05, 0.1) is 11.1 Å². The molecule has 2 aromatic heterocycles. The third-order valence-corrected chi connectivity index (χ3v) is 5.68. The van der Waals surface area contributed by atoms with Crippen LogP contribution in [0.5, 0.6) is 0 Å². The number of hydrogen-bond acceptors (Lipinski definition) is 5. The van der Waals surface area contributed by atoms with Gasteiger partial charge in [0.15, 0.2) is 5.16 Å².